The number of aliphatic hydroxyl groups is 1. The average Bonchev–Trinajstić information content (AvgIpc) is 2.41. The van der Waals surface area contributed by atoms with Gasteiger partial charge in [-0.1, -0.05) is 46.9 Å². The van der Waals surface area contributed by atoms with Crippen LogP contribution in [0.15, 0.2) is 24.3 Å². The number of hydrogen-bond acceptors (Lipinski definition) is 5. The number of anilines is 1. The molecule has 120 valence electrons. The molecule has 1 aromatic carbocycles. The van der Waals surface area contributed by atoms with Crippen LogP contribution in [0.1, 0.15) is 6.92 Å². The van der Waals surface area contributed by atoms with Gasteiger partial charge in [-0.3, -0.25) is 9.59 Å². The lowest BCUT2D eigenvalue weighted by Gasteiger charge is -2.35. The third kappa shape index (κ3) is 3.74. The lowest BCUT2D eigenvalue weighted by atomic mass is 10.2. The molecule has 0 bridgehead atoms. The van der Waals surface area contributed by atoms with Crippen LogP contribution in [0.25, 0.3) is 0 Å². The SMILES string of the molecule is CC(=O)N[C@H](ON1C(=O)[C@H](O)Oc2ccccc21)C(Cl)(Cl)Cl. The molecule has 0 aliphatic carbocycles. The number of amides is 2. The van der Waals surface area contributed by atoms with Gasteiger partial charge in [-0.2, -0.15) is 5.06 Å². The molecule has 0 unspecified atom stereocenters. The van der Waals surface area contributed by atoms with Crippen LogP contribution in [-0.2, 0) is 14.4 Å². The molecule has 2 rings (SSSR count). The van der Waals surface area contributed by atoms with Crippen LogP contribution >= 0.6 is 34.8 Å². The van der Waals surface area contributed by atoms with E-state index in [0.29, 0.717) is 5.06 Å². The summed E-state index contributed by atoms with van der Waals surface area (Å²) in [5.74, 6) is -1.27. The van der Waals surface area contributed by atoms with E-state index in [-0.39, 0.29) is 11.4 Å². The summed E-state index contributed by atoms with van der Waals surface area (Å²) in [6, 6.07) is 6.28. The predicted molar refractivity (Wildman–Crippen MR) is 79.5 cm³/mol. The molecular weight excluding hydrogens is 358 g/mol. The highest BCUT2D eigenvalue weighted by atomic mass is 35.6. The summed E-state index contributed by atoms with van der Waals surface area (Å²) in [4.78, 5) is 28.5. The molecule has 1 aliphatic heterocycles. The van der Waals surface area contributed by atoms with Crippen molar-refractivity contribution < 1.29 is 24.3 Å². The number of benzene rings is 1. The van der Waals surface area contributed by atoms with Gasteiger partial charge in [0.15, 0.2) is 0 Å². The number of hydrogen-bond donors (Lipinski definition) is 2. The van der Waals surface area contributed by atoms with Crippen molar-refractivity contribution >= 4 is 52.3 Å². The zero-order chi connectivity index (χ0) is 16.5. The zero-order valence-electron chi connectivity index (χ0n) is 11.1. The Morgan fingerprint density at radius 3 is 2.68 bits per heavy atom. The van der Waals surface area contributed by atoms with Crippen molar-refractivity contribution in [2.45, 2.75) is 23.2 Å². The first kappa shape index (κ1) is 17.1. The molecule has 7 nitrogen and oxygen atoms in total. The van der Waals surface area contributed by atoms with Gasteiger partial charge in [0.1, 0.15) is 11.4 Å². The Hall–Kier alpha value is -1.25. The molecule has 1 heterocycles. The molecule has 0 aromatic heterocycles. The van der Waals surface area contributed by atoms with Crippen molar-refractivity contribution in [2.24, 2.45) is 0 Å². The van der Waals surface area contributed by atoms with Crippen molar-refractivity contribution in [3.63, 3.8) is 0 Å². The van der Waals surface area contributed by atoms with E-state index in [4.69, 9.17) is 44.4 Å². The molecule has 10 heteroatoms. The lowest BCUT2D eigenvalue weighted by Crippen LogP contribution is -2.54. The number of alkyl halides is 3. The van der Waals surface area contributed by atoms with Crippen LogP contribution in [0.3, 0.4) is 0 Å². The first-order chi connectivity index (χ1) is 10.2. The van der Waals surface area contributed by atoms with Crippen molar-refractivity contribution in [3.8, 4) is 5.75 Å². The third-order valence-corrected chi connectivity index (χ3v) is 3.17. The Balaban J connectivity index is 2.33. The van der Waals surface area contributed by atoms with Crippen molar-refractivity contribution in [2.75, 3.05) is 5.06 Å². The maximum atomic E-state index is 12.0. The summed E-state index contributed by atoms with van der Waals surface area (Å²) in [6.07, 6.45) is -3.24. The molecule has 0 saturated carbocycles. The smallest absolute Gasteiger partial charge is 0.320 e. The Kier molecular flexibility index (Phi) is 5.03. The quantitative estimate of drug-likeness (QED) is 0.623. The van der Waals surface area contributed by atoms with E-state index in [2.05, 4.69) is 5.32 Å². The number of halogens is 3. The van der Waals surface area contributed by atoms with Crippen LogP contribution in [0.4, 0.5) is 5.69 Å². The second-order valence-electron chi connectivity index (χ2n) is 4.30. The van der Waals surface area contributed by atoms with E-state index in [0.717, 1.165) is 0 Å². The van der Waals surface area contributed by atoms with Gasteiger partial charge in [0.05, 0.1) is 0 Å². The Labute approximate surface area is 140 Å². The number of nitrogens with one attached hydrogen (secondary N) is 1. The molecule has 2 amide bonds. The van der Waals surface area contributed by atoms with Gasteiger partial charge in [-0.25, -0.2) is 4.84 Å². The molecule has 0 saturated heterocycles. The molecule has 0 spiro atoms. The first-order valence-corrected chi connectivity index (χ1v) is 7.12. The number of carbonyl (C=O) groups is 2. The minimum Gasteiger partial charge on any atom is -0.453 e. The van der Waals surface area contributed by atoms with Gasteiger partial charge in [0.25, 0.3) is 6.29 Å². The minimum absolute atomic E-state index is 0.195. The molecule has 1 aromatic rings. The molecular formula is C12H11Cl3N2O5. The third-order valence-electron chi connectivity index (χ3n) is 2.58. The molecule has 2 N–H and O–H groups in total. The van der Waals surface area contributed by atoms with Crippen molar-refractivity contribution in [1.29, 1.82) is 0 Å². The molecule has 0 radical (unpaired) electrons. The lowest BCUT2D eigenvalue weighted by molar-refractivity contribution is -0.156. The number of hydroxylamine groups is 1. The number of para-hydroxylation sites is 2. The van der Waals surface area contributed by atoms with Crippen LogP contribution < -0.4 is 15.1 Å². The summed E-state index contributed by atoms with van der Waals surface area (Å²) in [5, 5.41) is 12.6. The van der Waals surface area contributed by atoms with Gasteiger partial charge >= 0.3 is 5.91 Å². The predicted octanol–water partition coefficient (Wildman–Crippen LogP) is 1.49. The van der Waals surface area contributed by atoms with Crippen LogP contribution in [0.2, 0.25) is 0 Å². The zero-order valence-corrected chi connectivity index (χ0v) is 13.4. The van der Waals surface area contributed by atoms with Crippen LogP contribution in [-0.4, -0.2) is 33.2 Å². The van der Waals surface area contributed by atoms with Crippen molar-refractivity contribution in [1.82, 2.24) is 5.32 Å². The van der Waals surface area contributed by atoms with Gasteiger partial charge in [-0.15, -0.1) is 0 Å². The second kappa shape index (κ2) is 6.47. The fourth-order valence-corrected chi connectivity index (χ4v) is 1.96. The normalized spacial score (nSPS) is 19.2. The maximum Gasteiger partial charge on any atom is 0.320 e. The summed E-state index contributed by atoms with van der Waals surface area (Å²) >= 11 is 17.2. The molecule has 1 aliphatic rings. The summed E-state index contributed by atoms with van der Waals surface area (Å²) in [6.45, 7) is 1.19. The summed E-state index contributed by atoms with van der Waals surface area (Å²) in [5.41, 5.74) is 0.197. The van der Waals surface area contributed by atoms with E-state index in [1.807, 2.05) is 0 Å². The number of rotatable bonds is 3. The van der Waals surface area contributed by atoms with E-state index in [9.17, 15) is 14.7 Å². The number of fused-ring (bicyclic) bond motifs is 1. The first-order valence-electron chi connectivity index (χ1n) is 5.98. The van der Waals surface area contributed by atoms with Gasteiger partial charge < -0.3 is 15.2 Å². The van der Waals surface area contributed by atoms with Gasteiger partial charge in [0.2, 0.25) is 15.9 Å². The average molecular weight is 370 g/mol. The van der Waals surface area contributed by atoms with E-state index in [1.165, 1.54) is 19.1 Å². The fourth-order valence-electron chi connectivity index (χ4n) is 1.68. The number of nitrogens with zero attached hydrogens (tertiary/aromatic N) is 1. The molecule has 2 atom stereocenters. The van der Waals surface area contributed by atoms with E-state index in [1.54, 1.807) is 12.1 Å². The largest absolute Gasteiger partial charge is 0.453 e. The highest BCUT2D eigenvalue weighted by Crippen LogP contribution is 2.37. The van der Waals surface area contributed by atoms with Crippen LogP contribution in [0, 0.1) is 0 Å². The molecule has 0 fully saturated rings. The molecule has 22 heavy (non-hydrogen) atoms. The van der Waals surface area contributed by atoms with E-state index >= 15 is 0 Å². The Morgan fingerprint density at radius 2 is 2.09 bits per heavy atom. The second-order valence-corrected chi connectivity index (χ2v) is 6.67. The highest BCUT2D eigenvalue weighted by Gasteiger charge is 2.41. The Morgan fingerprint density at radius 1 is 1.45 bits per heavy atom. The van der Waals surface area contributed by atoms with Crippen molar-refractivity contribution in [3.05, 3.63) is 24.3 Å². The summed E-state index contributed by atoms with van der Waals surface area (Å²) in [7, 11) is 0. The number of ether oxygens (including phenoxy) is 1. The summed E-state index contributed by atoms with van der Waals surface area (Å²) < 4.78 is 2.97. The topological polar surface area (TPSA) is 88.1 Å². The maximum absolute atomic E-state index is 12.0. The number of aliphatic hydroxyl groups excluding tert-OH is 1. The monoisotopic (exact) mass is 368 g/mol. The Bertz CT molecular complexity index is 592. The standard InChI is InChI=1S/C12H11Cl3N2O5/c1-6(18)16-11(12(13,14)15)22-17-7-4-2-3-5-8(7)21-10(20)9(17)19/h2-5,10-11,20H,1H3,(H,16,18)/t10-,11-/m1/s1. The van der Waals surface area contributed by atoms with E-state index < -0.39 is 28.1 Å². The van der Waals surface area contributed by atoms with Gasteiger partial charge in [0, 0.05) is 6.92 Å². The van der Waals surface area contributed by atoms with Gasteiger partial charge in [-0.05, 0) is 12.1 Å². The number of carbonyl (C=O) groups excluding carboxylic acids is 2. The highest BCUT2D eigenvalue weighted by molar-refractivity contribution is 6.68. The minimum atomic E-state index is -2.05. The van der Waals surface area contributed by atoms with Crippen LogP contribution in [0.5, 0.6) is 5.75 Å². The fraction of sp³-hybridized carbons (Fsp3) is 0.333.